The molecule has 0 saturated heterocycles. The molecule has 4 heteroatoms. The predicted octanol–water partition coefficient (Wildman–Crippen LogP) is 6.25. The van der Waals surface area contributed by atoms with Gasteiger partial charge in [0, 0.05) is 5.56 Å². The molecule has 0 aliphatic rings. The topological polar surface area (TPSA) is 52.6 Å². The third kappa shape index (κ3) is 6.17. The smallest absolute Gasteiger partial charge is 0.337 e. The van der Waals surface area contributed by atoms with Gasteiger partial charge >= 0.3 is 5.97 Å². The van der Waals surface area contributed by atoms with Crippen molar-refractivity contribution in [3.63, 3.8) is 0 Å². The zero-order valence-corrected chi connectivity index (χ0v) is 18.9. The van der Waals surface area contributed by atoms with Crippen LogP contribution >= 0.6 is 0 Å². The fourth-order valence-electron chi connectivity index (χ4n) is 3.10. The number of allylic oxidation sites excluding steroid dienone is 1. The van der Waals surface area contributed by atoms with Crippen LogP contribution in [-0.2, 0) is 16.8 Å². The Kier molecular flexibility index (Phi) is 7.26. The molecule has 0 aliphatic carbocycles. The molecule has 0 atom stereocenters. The van der Waals surface area contributed by atoms with E-state index in [1.807, 2.05) is 60.7 Å². The van der Waals surface area contributed by atoms with Gasteiger partial charge in [-0.3, -0.25) is 4.79 Å². The lowest BCUT2D eigenvalue weighted by molar-refractivity contribution is 0.0600. The standard InChI is InChI=1S/C28H28O4/c1-28(2,3)24-14-12-22(13-15-24)26(29)18-9-20-7-16-25(17-8-20)32-19-21-5-10-23(11-6-21)27(30)31-4/h5-18H,19H2,1-4H3. The Bertz CT molecular complexity index is 1080. The van der Waals surface area contributed by atoms with E-state index in [0.29, 0.717) is 17.7 Å². The fourth-order valence-corrected chi connectivity index (χ4v) is 3.10. The average Bonchev–Trinajstić information content (AvgIpc) is 2.81. The Balaban J connectivity index is 1.55. The summed E-state index contributed by atoms with van der Waals surface area (Å²) in [5.74, 6) is 0.339. The number of ketones is 1. The summed E-state index contributed by atoms with van der Waals surface area (Å²) in [5.41, 5.74) is 4.31. The molecule has 0 aromatic heterocycles. The van der Waals surface area contributed by atoms with E-state index in [2.05, 4.69) is 20.8 Å². The summed E-state index contributed by atoms with van der Waals surface area (Å²) >= 11 is 0. The van der Waals surface area contributed by atoms with Crippen LogP contribution in [0.3, 0.4) is 0 Å². The molecule has 0 heterocycles. The Labute approximate surface area is 189 Å². The predicted molar refractivity (Wildman–Crippen MR) is 127 cm³/mol. The summed E-state index contributed by atoms with van der Waals surface area (Å²) in [4.78, 5) is 23.9. The highest BCUT2D eigenvalue weighted by Gasteiger charge is 2.13. The molecule has 3 aromatic carbocycles. The summed E-state index contributed by atoms with van der Waals surface area (Å²) in [6.07, 6.45) is 3.39. The lowest BCUT2D eigenvalue weighted by atomic mass is 9.86. The first-order valence-corrected chi connectivity index (χ1v) is 10.5. The molecule has 3 rings (SSSR count). The summed E-state index contributed by atoms with van der Waals surface area (Å²) in [7, 11) is 1.36. The molecule has 4 nitrogen and oxygen atoms in total. The first-order valence-electron chi connectivity index (χ1n) is 10.5. The van der Waals surface area contributed by atoms with Gasteiger partial charge in [0.15, 0.2) is 5.78 Å². The van der Waals surface area contributed by atoms with Gasteiger partial charge in [0.1, 0.15) is 12.4 Å². The lowest BCUT2D eigenvalue weighted by Crippen LogP contribution is -2.11. The third-order valence-electron chi connectivity index (χ3n) is 5.12. The van der Waals surface area contributed by atoms with E-state index < -0.39 is 0 Å². The molecule has 0 saturated carbocycles. The molecule has 3 aromatic rings. The number of benzene rings is 3. The van der Waals surface area contributed by atoms with E-state index >= 15 is 0 Å². The molecule has 0 amide bonds. The molecule has 0 bridgehead atoms. The van der Waals surface area contributed by atoms with E-state index in [0.717, 1.165) is 16.9 Å². The van der Waals surface area contributed by atoms with Gasteiger partial charge in [-0.1, -0.05) is 75.4 Å². The van der Waals surface area contributed by atoms with E-state index in [9.17, 15) is 9.59 Å². The highest BCUT2D eigenvalue weighted by atomic mass is 16.5. The van der Waals surface area contributed by atoms with Crippen molar-refractivity contribution in [1.82, 2.24) is 0 Å². The van der Waals surface area contributed by atoms with E-state index in [1.54, 1.807) is 24.3 Å². The van der Waals surface area contributed by atoms with Gasteiger partial charge in [-0.25, -0.2) is 4.79 Å². The fraction of sp³-hybridized carbons (Fsp3) is 0.214. The van der Waals surface area contributed by atoms with Crippen LogP contribution in [0, 0.1) is 0 Å². The molecule has 0 N–H and O–H groups in total. The van der Waals surface area contributed by atoms with E-state index in [1.165, 1.54) is 12.7 Å². The zero-order chi connectivity index (χ0) is 23.1. The molecule has 32 heavy (non-hydrogen) atoms. The van der Waals surface area contributed by atoms with Gasteiger partial charge in [-0.2, -0.15) is 0 Å². The number of rotatable bonds is 7. The average molecular weight is 429 g/mol. The highest BCUT2D eigenvalue weighted by Crippen LogP contribution is 2.22. The monoisotopic (exact) mass is 428 g/mol. The molecule has 164 valence electrons. The molecule has 0 fully saturated rings. The van der Waals surface area contributed by atoms with Crippen molar-refractivity contribution in [3.8, 4) is 5.75 Å². The maximum absolute atomic E-state index is 12.5. The molecule has 0 spiro atoms. The van der Waals surface area contributed by atoms with Crippen LogP contribution in [0.25, 0.3) is 6.08 Å². The lowest BCUT2D eigenvalue weighted by Gasteiger charge is -2.18. The van der Waals surface area contributed by atoms with Gasteiger partial charge in [-0.05, 0) is 52.4 Å². The minimum absolute atomic E-state index is 0.0267. The van der Waals surface area contributed by atoms with E-state index in [-0.39, 0.29) is 17.2 Å². The van der Waals surface area contributed by atoms with Crippen molar-refractivity contribution in [2.75, 3.05) is 7.11 Å². The number of methoxy groups -OCH3 is 1. The van der Waals surface area contributed by atoms with Crippen LogP contribution in [-0.4, -0.2) is 18.9 Å². The number of ether oxygens (including phenoxy) is 2. The van der Waals surface area contributed by atoms with Gasteiger partial charge in [0.25, 0.3) is 0 Å². The summed E-state index contributed by atoms with van der Waals surface area (Å²) < 4.78 is 10.5. The molecular weight excluding hydrogens is 400 g/mol. The van der Waals surface area contributed by atoms with Crippen LogP contribution in [0.1, 0.15) is 58.2 Å². The zero-order valence-electron chi connectivity index (χ0n) is 18.9. The molecule has 0 radical (unpaired) electrons. The maximum Gasteiger partial charge on any atom is 0.337 e. The van der Waals surface area contributed by atoms with Crippen molar-refractivity contribution >= 4 is 17.8 Å². The second kappa shape index (κ2) is 10.1. The van der Waals surface area contributed by atoms with Gasteiger partial charge in [0.05, 0.1) is 12.7 Å². The quantitative estimate of drug-likeness (QED) is 0.254. The van der Waals surface area contributed by atoms with Crippen molar-refractivity contribution in [2.24, 2.45) is 0 Å². The summed E-state index contributed by atoms with van der Waals surface area (Å²) in [5, 5.41) is 0. The largest absolute Gasteiger partial charge is 0.489 e. The number of esters is 1. The van der Waals surface area contributed by atoms with Gasteiger partial charge in [0.2, 0.25) is 0 Å². The SMILES string of the molecule is COC(=O)c1ccc(COc2ccc(C=CC(=O)c3ccc(C(C)(C)C)cc3)cc2)cc1. The number of carbonyl (C=O) groups is 2. The highest BCUT2D eigenvalue weighted by molar-refractivity contribution is 6.06. The maximum atomic E-state index is 12.5. The molecule has 0 unspecified atom stereocenters. The minimum atomic E-state index is -0.360. The van der Waals surface area contributed by atoms with E-state index in [4.69, 9.17) is 9.47 Å². The second-order valence-corrected chi connectivity index (χ2v) is 8.57. The van der Waals surface area contributed by atoms with Gasteiger partial charge < -0.3 is 9.47 Å². The second-order valence-electron chi connectivity index (χ2n) is 8.57. The van der Waals surface area contributed by atoms with Crippen molar-refractivity contribution in [1.29, 1.82) is 0 Å². The Hall–Kier alpha value is -3.66. The Morgan fingerprint density at radius 2 is 1.41 bits per heavy atom. The Morgan fingerprint density at radius 1 is 0.812 bits per heavy atom. The number of hydrogen-bond donors (Lipinski definition) is 0. The van der Waals surface area contributed by atoms with Crippen LogP contribution < -0.4 is 4.74 Å². The normalized spacial score (nSPS) is 11.4. The van der Waals surface area contributed by atoms with Crippen LogP contribution in [0.5, 0.6) is 5.75 Å². The first kappa shape index (κ1) is 23.0. The molecular formula is C28H28O4. The minimum Gasteiger partial charge on any atom is -0.489 e. The summed E-state index contributed by atoms with van der Waals surface area (Å²) in [6, 6.07) is 22.4. The van der Waals surface area contributed by atoms with Crippen LogP contribution in [0.2, 0.25) is 0 Å². The number of hydrogen-bond acceptors (Lipinski definition) is 4. The Morgan fingerprint density at radius 3 is 1.97 bits per heavy atom. The van der Waals surface area contributed by atoms with Crippen LogP contribution in [0.15, 0.2) is 78.9 Å². The van der Waals surface area contributed by atoms with Crippen molar-refractivity contribution < 1.29 is 19.1 Å². The van der Waals surface area contributed by atoms with Crippen LogP contribution in [0.4, 0.5) is 0 Å². The first-order chi connectivity index (χ1) is 15.3. The van der Waals surface area contributed by atoms with Crippen molar-refractivity contribution in [2.45, 2.75) is 32.8 Å². The third-order valence-corrected chi connectivity index (χ3v) is 5.12. The van der Waals surface area contributed by atoms with Gasteiger partial charge in [-0.15, -0.1) is 0 Å². The summed E-state index contributed by atoms with van der Waals surface area (Å²) in [6.45, 7) is 6.84. The van der Waals surface area contributed by atoms with Crippen molar-refractivity contribution in [3.05, 3.63) is 107 Å². The number of carbonyl (C=O) groups excluding carboxylic acids is 2. The molecule has 0 aliphatic heterocycles.